The van der Waals surface area contributed by atoms with E-state index >= 15 is 0 Å². The van der Waals surface area contributed by atoms with E-state index in [1.807, 2.05) is 12.1 Å². The molecule has 0 fully saturated rings. The van der Waals surface area contributed by atoms with Gasteiger partial charge in [-0.2, -0.15) is 0 Å². The van der Waals surface area contributed by atoms with Crippen LogP contribution >= 0.6 is 11.3 Å². The summed E-state index contributed by atoms with van der Waals surface area (Å²) < 4.78 is 12.8. The van der Waals surface area contributed by atoms with Gasteiger partial charge in [-0.1, -0.05) is 12.1 Å². The number of rotatable bonds is 4. The molecule has 0 spiro atoms. The SMILES string of the molecule is Cc1ccc(CN[C@@H](C)c2ccc(F)cc2)s1. The summed E-state index contributed by atoms with van der Waals surface area (Å²) in [4.78, 5) is 2.66. The van der Waals surface area contributed by atoms with Crippen molar-refractivity contribution in [3.05, 3.63) is 57.5 Å². The second-order valence-corrected chi connectivity index (χ2v) is 5.54. The van der Waals surface area contributed by atoms with Gasteiger partial charge < -0.3 is 5.32 Å². The van der Waals surface area contributed by atoms with Gasteiger partial charge >= 0.3 is 0 Å². The first-order valence-corrected chi connectivity index (χ1v) is 6.51. The van der Waals surface area contributed by atoms with Gasteiger partial charge in [0.1, 0.15) is 5.82 Å². The molecule has 1 nitrogen and oxygen atoms in total. The average Bonchev–Trinajstić information content (AvgIpc) is 2.73. The molecule has 90 valence electrons. The quantitative estimate of drug-likeness (QED) is 0.862. The largest absolute Gasteiger partial charge is 0.305 e. The molecule has 17 heavy (non-hydrogen) atoms. The maximum atomic E-state index is 12.8. The van der Waals surface area contributed by atoms with Crippen molar-refractivity contribution in [1.82, 2.24) is 5.32 Å². The third kappa shape index (κ3) is 3.38. The minimum Gasteiger partial charge on any atom is -0.305 e. The summed E-state index contributed by atoms with van der Waals surface area (Å²) in [6.07, 6.45) is 0. The molecule has 0 aliphatic carbocycles. The number of thiophene rings is 1. The molecule has 1 atom stereocenters. The Morgan fingerprint density at radius 1 is 1.18 bits per heavy atom. The molecule has 0 saturated heterocycles. The Morgan fingerprint density at radius 2 is 1.88 bits per heavy atom. The molecule has 0 radical (unpaired) electrons. The summed E-state index contributed by atoms with van der Waals surface area (Å²) in [5, 5.41) is 3.44. The molecule has 0 aliphatic rings. The number of nitrogens with one attached hydrogen (secondary N) is 1. The summed E-state index contributed by atoms with van der Waals surface area (Å²) in [6.45, 7) is 5.06. The molecule has 0 saturated carbocycles. The van der Waals surface area contributed by atoms with Crippen LogP contribution in [0.2, 0.25) is 0 Å². The highest BCUT2D eigenvalue weighted by molar-refractivity contribution is 7.11. The Balaban J connectivity index is 1.93. The monoisotopic (exact) mass is 249 g/mol. The summed E-state index contributed by atoms with van der Waals surface area (Å²) in [6, 6.07) is 11.2. The van der Waals surface area contributed by atoms with Crippen molar-refractivity contribution in [2.75, 3.05) is 0 Å². The Labute approximate surface area is 105 Å². The highest BCUT2D eigenvalue weighted by Gasteiger charge is 2.05. The van der Waals surface area contributed by atoms with Crippen molar-refractivity contribution in [3.63, 3.8) is 0 Å². The second kappa shape index (κ2) is 5.43. The van der Waals surface area contributed by atoms with E-state index in [1.165, 1.54) is 21.9 Å². The molecule has 1 aromatic heterocycles. The summed E-state index contributed by atoms with van der Waals surface area (Å²) >= 11 is 1.80. The van der Waals surface area contributed by atoms with Gasteiger partial charge in [0, 0.05) is 22.3 Å². The Bertz CT molecular complexity index is 475. The molecule has 1 aromatic carbocycles. The van der Waals surface area contributed by atoms with Gasteiger partial charge in [-0.05, 0) is 43.7 Å². The lowest BCUT2D eigenvalue weighted by Crippen LogP contribution is -2.17. The number of hydrogen-bond acceptors (Lipinski definition) is 2. The van der Waals surface area contributed by atoms with Crippen LogP contribution in [0.4, 0.5) is 4.39 Å². The third-order valence-electron chi connectivity index (χ3n) is 2.75. The van der Waals surface area contributed by atoms with Crippen LogP contribution in [0.25, 0.3) is 0 Å². The molecule has 2 rings (SSSR count). The number of hydrogen-bond donors (Lipinski definition) is 1. The molecule has 0 aliphatic heterocycles. The molecular weight excluding hydrogens is 233 g/mol. The molecule has 0 amide bonds. The first-order chi connectivity index (χ1) is 8.15. The van der Waals surface area contributed by atoms with Crippen LogP contribution in [0.3, 0.4) is 0 Å². The van der Waals surface area contributed by atoms with Crippen molar-refractivity contribution in [1.29, 1.82) is 0 Å². The number of benzene rings is 1. The predicted molar refractivity (Wildman–Crippen MR) is 70.7 cm³/mol. The van der Waals surface area contributed by atoms with Crippen molar-refractivity contribution in [2.24, 2.45) is 0 Å². The lowest BCUT2D eigenvalue weighted by atomic mass is 10.1. The molecule has 3 heteroatoms. The standard InChI is InChI=1S/C14H16FNS/c1-10-3-8-14(17-10)9-16-11(2)12-4-6-13(15)7-5-12/h3-8,11,16H,9H2,1-2H3/t11-/m0/s1. The van der Waals surface area contributed by atoms with Crippen LogP contribution in [-0.4, -0.2) is 0 Å². The van der Waals surface area contributed by atoms with E-state index in [9.17, 15) is 4.39 Å². The first kappa shape index (κ1) is 12.3. The molecule has 0 unspecified atom stereocenters. The van der Waals surface area contributed by atoms with E-state index in [0.717, 1.165) is 12.1 Å². The molecule has 2 aromatic rings. The van der Waals surface area contributed by atoms with E-state index in [0.29, 0.717) is 0 Å². The summed E-state index contributed by atoms with van der Waals surface area (Å²) in [5.74, 6) is -0.185. The number of aryl methyl sites for hydroxylation is 1. The van der Waals surface area contributed by atoms with Crippen LogP contribution in [0.15, 0.2) is 36.4 Å². The first-order valence-electron chi connectivity index (χ1n) is 5.69. The third-order valence-corrected chi connectivity index (χ3v) is 3.75. The topological polar surface area (TPSA) is 12.0 Å². The molecule has 0 bridgehead atoms. The van der Waals surface area contributed by atoms with Crippen LogP contribution in [-0.2, 0) is 6.54 Å². The highest BCUT2D eigenvalue weighted by Crippen LogP contribution is 2.17. The fourth-order valence-electron chi connectivity index (χ4n) is 1.70. The highest BCUT2D eigenvalue weighted by atomic mass is 32.1. The van der Waals surface area contributed by atoms with Gasteiger partial charge in [-0.25, -0.2) is 4.39 Å². The Hall–Kier alpha value is -1.19. The Morgan fingerprint density at radius 3 is 2.47 bits per heavy atom. The zero-order valence-corrected chi connectivity index (χ0v) is 10.9. The van der Waals surface area contributed by atoms with Crippen LogP contribution in [0.1, 0.15) is 28.3 Å². The zero-order valence-electron chi connectivity index (χ0n) is 10.0. The van der Waals surface area contributed by atoms with E-state index in [4.69, 9.17) is 0 Å². The fourth-order valence-corrected chi connectivity index (χ4v) is 2.54. The molecular formula is C14H16FNS. The van der Waals surface area contributed by atoms with E-state index in [2.05, 4.69) is 31.3 Å². The lowest BCUT2D eigenvalue weighted by Gasteiger charge is -2.13. The zero-order chi connectivity index (χ0) is 12.3. The predicted octanol–water partition coefficient (Wildman–Crippen LogP) is 4.05. The van der Waals surface area contributed by atoms with E-state index in [-0.39, 0.29) is 11.9 Å². The van der Waals surface area contributed by atoms with Crippen LogP contribution in [0.5, 0.6) is 0 Å². The van der Waals surface area contributed by atoms with Crippen LogP contribution < -0.4 is 5.32 Å². The van der Waals surface area contributed by atoms with Gasteiger partial charge in [0.25, 0.3) is 0 Å². The summed E-state index contributed by atoms with van der Waals surface area (Å²) in [7, 11) is 0. The lowest BCUT2D eigenvalue weighted by molar-refractivity contribution is 0.575. The van der Waals surface area contributed by atoms with Crippen molar-refractivity contribution >= 4 is 11.3 Å². The molecule has 1 heterocycles. The maximum Gasteiger partial charge on any atom is 0.123 e. The Kier molecular flexibility index (Phi) is 3.92. The summed E-state index contributed by atoms with van der Waals surface area (Å²) in [5.41, 5.74) is 1.11. The normalized spacial score (nSPS) is 12.6. The smallest absolute Gasteiger partial charge is 0.123 e. The van der Waals surface area contributed by atoms with Gasteiger partial charge in [-0.15, -0.1) is 11.3 Å². The number of halogens is 1. The molecule has 1 N–H and O–H groups in total. The van der Waals surface area contributed by atoms with Gasteiger partial charge in [-0.3, -0.25) is 0 Å². The van der Waals surface area contributed by atoms with Crippen LogP contribution in [0, 0.1) is 12.7 Å². The fraction of sp³-hybridized carbons (Fsp3) is 0.286. The van der Waals surface area contributed by atoms with Crippen molar-refractivity contribution in [2.45, 2.75) is 26.4 Å². The maximum absolute atomic E-state index is 12.8. The van der Waals surface area contributed by atoms with E-state index in [1.54, 1.807) is 11.3 Å². The minimum absolute atomic E-state index is 0.185. The van der Waals surface area contributed by atoms with Crippen molar-refractivity contribution in [3.8, 4) is 0 Å². The van der Waals surface area contributed by atoms with E-state index < -0.39 is 0 Å². The minimum atomic E-state index is -0.185. The second-order valence-electron chi connectivity index (χ2n) is 4.17. The van der Waals surface area contributed by atoms with Gasteiger partial charge in [0.15, 0.2) is 0 Å². The van der Waals surface area contributed by atoms with Gasteiger partial charge in [0.2, 0.25) is 0 Å². The van der Waals surface area contributed by atoms with Crippen molar-refractivity contribution < 1.29 is 4.39 Å². The average molecular weight is 249 g/mol. The van der Waals surface area contributed by atoms with Gasteiger partial charge in [0.05, 0.1) is 0 Å².